The van der Waals surface area contributed by atoms with Crippen LogP contribution < -0.4 is 0 Å². The van der Waals surface area contributed by atoms with Gasteiger partial charge in [-0.05, 0) is 0 Å². The van der Waals surface area contributed by atoms with E-state index in [0.717, 1.165) is 0 Å². The zero-order valence-electron chi connectivity index (χ0n) is 11.4. The van der Waals surface area contributed by atoms with Gasteiger partial charge >= 0.3 is 15.6 Å². The van der Waals surface area contributed by atoms with E-state index < -0.39 is 15.6 Å². The third kappa shape index (κ3) is 91.0. The number of rotatable bonds is 0. The van der Waals surface area contributed by atoms with Crippen LogP contribution in [0.3, 0.4) is 0 Å². The van der Waals surface area contributed by atoms with Crippen molar-refractivity contribution in [3.05, 3.63) is 0 Å². The first kappa shape index (κ1) is 36.5. The molecule has 0 atom stereocenters. The van der Waals surface area contributed by atoms with Gasteiger partial charge < -0.3 is 0 Å². The largest absolute Gasteiger partial charge is 0.522 e. The molecule has 0 unspecified atom stereocenters. The van der Waals surface area contributed by atoms with Gasteiger partial charge in [0, 0.05) is 48.1 Å². The van der Waals surface area contributed by atoms with Gasteiger partial charge in [0.2, 0.25) is 0 Å². The van der Waals surface area contributed by atoms with E-state index in [4.69, 9.17) is 34.0 Å². The quantitative estimate of drug-likeness (QED) is 0.359. The van der Waals surface area contributed by atoms with Gasteiger partial charge in [0.25, 0.3) is 0 Å². The van der Waals surface area contributed by atoms with Crippen LogP contribution in [0.25, 0.3) is 0 Å². The minimum Gasteiger partial charge on any atom is -0.279 e. The molecule has 1 N–H and O–H groups in total. The summed E-state index contributed by atoms with van der Waals surface area (Å²) in [6.07, 6.45) is 0. The number of halogens is 3. The second-order valence-corrected chi connectivity index (χ2v) is 3.23. The van der Waals surface area contributed by atoms with Crippen molar-refractivity contribution in [1.82, 2.24) is 0 Å². The molecule has 0 saturated carbocycles. The maximum Gasteiger partial charge on any atom is 0.522 e. The van der Waals surface area contributed by atoms with E-state index in [2.05, 4.69) is 0 Å². The average Bonchev–Trinajstić information content (AvgIpc) is 2.18. The molecule has 0 spiro atoms. The summed E-state index contributed by atoms with van der Waals surface area (Å²) < 4.78 is 57.5. The molecule has 21 heavy (non-hydrogen) atoms. The van der Waals surface area contributed by atoms with Gasteiger partial charge in [-0.15, -0.1) is 0 Å². The number of nitrogens with zero attached hydrogens (tertiary/aromatic N) is 4. The van der Waals surface area contributed by atoms with Crippen LogP contribution in [-0.2, 0) is 30.5 Å². The van der Waals surface area contributed by atoms with Crippen molar-refractivity contribution in [3.8, 4) is 24.3 Å². The summed E-state index contributed by atoms with van der Waals surface area (Å²) in [5, 5.41) is 29.3. The van der Waals surface area contributed by atoms with Crippen molar-refractivity contribution in [1.29, 1.82) is 21.0 Å². The molecule has 0 bridgehead atoms. The summed E-state index contributed by atoms with van der Waals surface area (Å²) in [4.78, 5) is 0. The van der Waals surface area contributed by atoms with Crippen molar-refractivity contribution in [2.24, 2.45) is 0 Å². The minimum absolute atomic E-state index is 0. The van der Waals surface area contributed by atoms with Crippen molar-refractivity contribution >= 4 is 10.1 Å². The van der Waals surface area contributed by atoms with E-state index >= 15 is 0 Å². The predicted molar refractivity (Wildman–Crippen MR) is 62.8 cm³/mol. The zero-order chi connectivity index (χ0) is 17.8. The van der Waals surface area contributed by atoms with E-state index in [1.54, 1.807) is 24.3 Å². The molecule has 0 aliphatic heterocycles. The molecular weight excluding hydrogens is 408 g/mol. The monoisotopic (exact) mass is 420 g/mol. The van der Waals surface area contributed by atoms with Crippen LogP contribution in [0.1, 0.15) is 27.7 Å². The van der Waals surface area contributed by atoms with Crippen LogP contribution in [0.4, 0.5) is 13.2 Å². The Kier molecular flexibility index (Phi) is 46.6. The molecule has 0 heterocycles. The van der Waals surface area contributed by atoms with Gasteiger partial charge in [-0.2, -0.15) is 42.6 Å². The Balaban J connectivity index is -0.0000000369. The molecule has 0 aromatic rings. The van der Waals surface area contributed by atoms with Crippen LogP contribution in [0.5, 0.6) is 0 Å². The first-order valence-electron chi connectivity index (χ1n) is 4.18. The van der Waals surface area contributed by atoms with Crippen LogP contribution in [0.15, 0.2) is 0 Å². The molecule has 0 amide bonds. The maximum absolute atomic E-state index is 10.7. The summed E-state index contributed by atoms with van der Waals surface area (Å²) in [7, 11) is -5.84. The second kappa shape index (κ2) is 26.8. The Morgan fingerprint density at radius 2 is 0.857 bits per heavy atom. The summed E-state index contributed by atoms with van der Waals surface area (Å²) in [5.41, 5.74) is -5.53. The summed E-state index contributed by atoms with van der Waals surface area (Å²) in [6, 6.07) is 7.00. The fraction of sp³-hybridized carbons (Fsp3) is 0.556. The van der Waals surface area contributed by atoms with Crippen molar-refractivity contribution < 1.29 is 46.6 Å². The van der Waals surface area contributed by atoms with Gasteiger partial charge in [-0.1, -0.05) is 0 Å². The second-order valence-electron chi connectivity index (χ2n) is 1.82. The Labute approximate surface area is 135 Å². The zero-order valence-corrected chi connectivity index (χ0v) is 13.8. The Morgan fingerprint density at radius 3 is 0.857 bits per heavy atom. The summed E-state index contributed by atoms with van der Waals surface area (Å²) in [5.74, 6) is 0. The van der Waals surface area contributed by atoms with Gasteiger partial charge in [0.15, 0.2) is 0 Å². The molecule has 0 aliphatic rings. The smallest absolute Gasteiger partial charge is 0.279 e. The SMILES string of the molecule is CC#N.CC#N.CC#N.CC#N.O=S(=O)(O)C(F)(F)F.[Pd]. The topological polar surface area (TPSA) is 150 Å². The van der Waals surface area contributed by atoms with Crippen LogP contribution >= 0.6 is 0 Å². The van der Waals surface area contributed by atoms with Gasteiger partial charge in [0.1, 0.15) is 0 Å². The van der Waals surface area contributed by atoms with E-state index in [9.17, 15) is 13.2 Å². The third-order valence-corrected chi connectivity index (χ3v) is 0.877. The Morgan fingerprint density at radius 1 is 0.810 bits per heavy atom. The number of alkyl halides is 3. The minimum atomic E-state index is -5.84. The Hall–Kier alpha value is -1.68. The first-order valence-corrected chi connectivity index (χ1v) is 5.62. The molecule has 0 aromatic carbocycles. The molecule has 7 nitrogen and oxygen atoms in total. The van der Waals surface area contributed by atoms with E-state index in [1.807, 2.05) is 0 Å². The van der Waals surface area contributed by atoms with Gasteiger partial charge in [0.05, 0.1) is 24.3 Å². The number of hydrogen-bond acceptors (Lipinski definition) is 6. The fourth-order valence-corrected chi connectivity index (χ4v) is 0. The normalized spacial score (nSPS) is 6.86. The standard InChI is InChI=1S/4C2H3N.CHF3O3S.Pd/c4*1-2-3;2-1(3,4)8(5,6)7;/h4*1H3;(H,5,6,7);. The van der Waals surface area contributed by atoms with Gasteiger partial charge in [-0.25, -0.2) is 0 Å². The predicted octanol–water partition coefficient (Wildman–Crippen LogP) is 2.51. The first-order chi connectivity index (χ1) is 8.91. The van der Waals surface area contributed by atoms with Crippen LogP contribution in [0.2, 0.25) is 0 Å². The molecule has 0 aliphatic carbocycles. The van der Waals surface area contributed by atoms with Crippen molar-refractivity contribution in [2.75, 3.05) is 0 Å². The van der Waals surface area contributed by atoms with E-state index in [0.29, 0.717) is 0 Å². The third-order valence-electron chi connectivity index (χ3n) is 0.292. The average molecular weight is 421 g/mol. The molecular formula is C9H13F3N4O3PdS. The fourth-order valence-electron chi connectivity index (χ4n) is 0. The number of hydrogen-bond donors (Lipinski definition) is 1. The van der Waals surface area contributed by atoms with Crippen molar-refractivity contribution in [3.63, 3.8) is 0 Å². The molecule has 0 fully saturated rings. The van der Waals surface area contributed by atoms with E-state index in [-0.39, 0.29) is 20.4 Å². The molecule has 12 heteroatoms. The maximum atomic E-state index is 10.7. The summed E-state index contributed by atoms with van der Waals surface area (Å²) in [6.45, 7) is 5.72. The number of nitriles is 4. The molecule has 0 rings (SSSR count). The van der Waals surface area contributed by atoms with Gasteiger partial charge in [-0.3, -0.25) is 4.55 Å². The molecule has 0 aromatic heterocycles. The Bertz CT molecular complexity index is 419. The molecule has 124 valence electrons. The summed E-state index contributed by atoms with van der Waals surface area (Å²) >= 11 is 0. The van der Waals surface area contributed by atoms with Crippen LogP contribution in [-0.4, -0.2) is 18.5 Å². The van der Waals surface area contributed by atoms with E-state index in [1.165, 1.54) is 27.7 Å². The van der Waals surface area contributed by atoms with Crippen LogP contribution in [0, 0.1) is 45.3 Å². The molecule has 0 radical (unpaired) electrons. The molecule has 0 saturated heterocycles. The van der Waals surface area contributed by atoms with Crippen molar-refractivity contribution in [2.45, 2.75) is 33.2 Å².